The summed E-state index contributed by atoms with van der Waals surface area (Å²) in [7, 11) is 0. The van der Waals surface area contributed by atoms with E-state index in [9.17, 15) is 4.79 Å². The number of rotatable bonds is 12. The Morgan fingerprint density at radius 1 is 0.944 bits per heavy atom. The molecule has 0 saturated heterocycles. The van der Waals surface area contributed by atoms with E-state index in [1.165, 1.54) is 51.0 Å². The van der Waals surface area contributed by atoms with Gasteiger partial charge in [-0.1, -0.05) is 70.9 Å². The van der Waals surface area contributed by atoms with Crippen molar-refractivity contribution in [1.29, 1.82) is 0 Å². The van der Waals surface area contributed by atoms with E-state index < -0.39 is 6.16 Å². The summed E-state index contributed by atoms with van der Waals surface area (Å²) < 4.78 is 9.59. The molecule has 0 heterocycles. The first kappa shape index (κ1) is 17.0. The van der Waals surface area contributed by atoms with Gasteiger partial charge in [0.1, 0.15) is 6.61 Å². The minimum Gasteiger partial charge on any atom is -0.434 e. The highest BCUT2D eigenvalue weighted by atomic mass is 16.7. The van der Waals surface area contributed by atoms with Crippen molar-refractivity contribution in [3.05, 3.63) is 12.7 Å². The van der Waals surface area contributed by atoms with Crippen LogP contribution in [0.15, 0.2) is 12.7 Å². The highest BCUT2D eigenvalue weighted by Gasteiger charge is 2.01. The van der Waals surface area contributed by atoms with Crippen LogP contribution in [0.4, 0.5) is 4.79 Å². The van der Waals surface area contributed by atoms with E-state index in [0.717, 1.165) is 12.8 Å². The number of hydrogen-bond donors (Lipinski definition) is 0. The van der Waals surface area contributed by atoms with E-state index in [1.807, 2.05) is 0 Å². The maximum atomic E-state index is 10.9. The zero-order chi connectivity index (χ0) is 13.5. The average Bonchev–Trinajstić information content (AvgIpc) is 2.38. The SMILES string of the molecule is C=CCOC(=O)OCCCCCCCCCCC. The second-order valence-electron chi connectivity index (χ2n) is 4.53. The zero-order valence-corrected chi connectivity index (χ0v) is 11.8. The van der Waals surface area contributed by atoms with Crippen LogP contribution < -0.4 is 0 Å². The summed E-state index contributed by atoms with van der Waals surface area (Å²) in [6.45, 7) is 6.38. The lowest BCUT2D eigenvalue weighted by Crippen LogP contribution is -2.08. The Bertz CT molecular complexity index is 202. The van der Waals surface area contributed by atoms with Gasteiger partial charge in [0.25, 0.3) is 0 Å². The van der Waals surface area contributed by atoms with E-state index in [4.69, 9.17) is 9.47 Å². The molecule has 0 N–H and O–H groups in total. The summed E-state index contributed by atoms with van der Waals surface area (Å²) in [5, 5.41) is 0. The maximum Gasteiger partial charge on any atom is 0.508 e. The second-order valence-corrected chi connectivity index (χ2v) is 4.53. The minimum atomic E-state index is -0.588. The molecular weight excluding hydrogens is 228 g/mol. The summed E-state index contributed by atoms with van der Waals surface area (Å²) in [4.78, 5) is 10.9. The molecule has 0 aliphatic heterocycles. The number of carbonyl (C=O) groups excluding carboxylic acids is 1. The van der Waals surface area contributed by atoms with Crippen molar-refractivity contribution in [3.8, 4) is 0 Å². The van der Waals surface area contributed by atoms with Crippen LogP contribution in [-0.2, 0) is 9.47 Å². The smallest absolute Gasteiger partial charge is 0.434 e. The van der Waals surface area contributed by atoms with E-state index in [2.05, 4.69) is 13.5 Å². The lowest BCUT2D eigenvalue weighted by Gasteiger charge is -2.04. The summed E-state index contributed by atoms with van der Waals surface area (Å²) >= 11 is 0. The first-order valence-corrected chi connectivity index (χ1v) is 7.21. The third kappa shape index (κ3) is 13.1. The first-order chi connectivity index (χ1) is 8.81. The molecule has 0 spiro atoms. The molecule has 3 nitrogen and oxygen atoms in total. The fraction of sp³-hybridized carbons (Fsp3) is 0.800. The molecule has 0 fully saturated rings. The van der Waals surface area contributed by atoms with Crippen molar-refractivity contribution >= 4 is 6.16 Å². The molecule has 0 saturated carbocycles. The number of unbranched alkanes of at least 4 members (excludes halogenated alkanes) is 8. The molecule has 106 valence electrons. The largest absolute Gasteiger partial charge is 0.508 e. The Labute approximate surface area is 112 Å². The van der Waals surface area contributed by atoms with Crippen LogP contribution in [0.5, 0.6) is 0 Å². The Morgan fingerprint density at radius 2 is 1.50 bits per heavy atom. The molecule has 0 aromatic rings. The maximum absolute atomic E-state index is 10.9. The summed E-state index contributed by atoms with van der Waals surface area (Å²) in [6, 6.07) is 0. The minimum absolute atomic E-state index is 0.219. The third-order valence-corrected chi connectivity index (χ3v) is 2.79. The Balaban J connectivity index is 3.06. The van der Waals surface area contributed by atoms with Gasteiger partial charge in [0.2, 0.25) is 0 Å². The highest BCUT2D eigenvalue weighted by molar-refractivity contribution is 5.59. The van der Waals surface area contributed by atoms with Crippen LogP contribution in [0.2, 0.25) is 0 Å². The van der Waals surface area contributed by atoms with Gasteiger partial charge in [-0.15, -0.1) is 0 Å². The van der Waals surface area contributed by atoms with E-state index in [1.54, 1.807) is 0 Å². The van der Waals surface area contributed by atoms with Gasteiger partial charge in [0.05, 0.1) is 6.61 Å². The van der Waals surface area contributed by atoms with Crippen LogP contribution in [0.3, 0.4) is 0 Å². The fourth-order valence-electron chi connectivity index (χ4n) is 1.74. The quantitative estimate of drug-likeness (QED) is 0.284. The lowest BCUT2D eigenvalue weighted by atomic mass is 10.1. The van der Waals surface area contributed by atoms with Gasteiger partial charge in [0, 0.05) is 0 Å². The van der Waals surface area contributed by atoms with Gasteiger partial charge < -0.3 is 9.47 Å². The monoisotopic (exact) mass is 256 g/mol. The Morgan fingerprint density at radius 3 is 2.06 bits per heavy atom. The zero-order valence-electron chi connectivity index (χ0n) is 11.8. The fourth-order valence-corrected chi connectivity index (χ4v) is 1.74. The standard InChI is InChI=1S/C15H28O3/c1-3-5-6-7-8-9-10-11-12-14-18-15(16)17-13-4-2/h4H,2-3,5-14H2,1H3. The first-order valence-electron chi connectivity index (χ1n) is 7.21. The van der Waals surface area contributed by atoms with Gasteiger partial charge in [-0.3, -0.25) is 0 Å². The molecule has 0 bridgehead atoms. The van der Waals surface area contributed by atoms with Crippen LogP contribution in [0.1, 0.15) is 64.7 Å². The van der Waals surface area contributed by atoms with Crippen molar-refractivity contribution in [3.63, 3.8) is 0 Å². The molecular formula is C15H28O3. The van der Waals surface area contributed by atoms with Gasteiger partial charge >= 0.3 is 6.16 Å². The number of hydrogen-bond acceptors (Lipinski definition) is 3. The number of ether oxygens (including phenoxy) is 2. The molecule has 0 aromatic carbocycles. The van der Waals surface area contributed by atoms with E-state index in [0.29, 0.717) is 6.61 Å². The van der Waals surface area contributed by atoms with Crippen LogP contribution >= 0.6 is 0 Å². The van der Waals surface area contributed by atoms with Gasteiger partial charge in [-0.2, -0.15) is 0 Å². The second kappa shape index (κ2) is 14.1. The Hall–Kier alpha value is -0.990. The predicted molar refractivity (Wildman–Crippen MR) is 74.7 cm³/mol. The average molecular weight is 256 g/mol. The molecule has 0 amide bonds. The molecule has 0 aliphatic carbocycles. The topological polar surface area (TPSA) is 35.5 Å². The van der Waals surface area contributed by atoms with Gasteiger partial charge in [0.15, 0.2) is 0 Å². The molecule has 18 heavy (non-hydrogen) atoms. The van der Waals surface area contributed by atoms with Gasteiger partial charge in [-0.25, -0.2) is 4.79 Å². The highest BCUT2D eigenvalue weighted by Crippen LogP contribution is 2.09. The van der Waals surface area contributed by atoms with Crippen molar-refractivity contribution in [2.45, 2.75) is 64.7 Å². The van der Waals surface area contributed by atoms with Crippen LogP contribution in [-0.4, -0.2) is 19.4 Å². The molecule has 0 aromatic heterocycles. The molecule has 0 aliphatic rings. The summed E-state index contributed by atoms with van der Waals surface area (Å²) in [5.74, 6) is 0. The molecule has 0 atom stereocenters. The lowest BCUT2D eigenvalue weighted by molar-refractivity contribution is 0.0620. The summed E-state index contributed by atoms with van der Waals surface area (Å²) in [5.41, 5.74) is 0. The van der Waals surface area contributed by atoms with Crippen molar-refractivity contribution < 1.29 is 14.3 Å². The Kier molecular flexibility index (Phi) is 13.3. The summed E-state index contributed by atoms with van der Waals surface area (Å²) in [6.07, 6.45) is 12.3. The van der Waals surface area contributed by atoms with E-state index in [-0.39, 0.29) is 6.61 Å². The van der Waals surface area contributed by atoms with Crippen molar-refractivity contribution in [2.24, 2.45) is 0 Å². The van der Waals surface area contributed by atoms with Gasteiger partial charge in [-0.05, 0) is 6.42 Å². The van der Waals surface area contributed by atoms with Crippen LogP contribution in [0, 0.1) is 0 Å². The molecule has 0 unspecified atom stereocenters. The van der Waals surface area contributed by atoms with Crippen molar-refractivity contribution in [2.75, 3.05) is 13.2 Å². The molecule has 0 rings (SSSR count). The normalized spacial score (nSPS) is 10.1. The van der Waals surface area contributed by atoms with Crippen molar-refractivity contribution in [1.82, 2.24) is 0 Å². The van der Waals surface area contributed by atoms with E-state index >= 15 is 0 Å². The molecule has 0 radical (unpaired) electrons. The predicted octanol–water partition coefficient (Wildman–Crippen LogP) is 4.86. The third-order valence-electron chi connectivity index (χ3n) is 2.79. The van der Waals surface area contributed by atoms with Crippen LogP contribution in [0.25, 0.3) is 0 Å². The number of carbonyl (C=O) groups is 1. The molecule has 3 heteroatoms.